The summed E-state index contributed by atoms with van der Waals surface area (Å²) in [6, 6.07) is 8.76. The monoisotopic (exact) mass is 452 g/mol. The summed E-state index contributed by atoms with van der Waals surface area (Å²) < 4.78 is 5.83. The van der Waals surface area contributed by atoms with Crippen LogP contribution in [0.15, 0.2) is 36.7 Å². The molecule has 2 rings (SSSR count). The zero-order valence-electron chi connectivity index (χ0n) is 21.5. The highest BCUT2D eigenvalue weighted by Crippen LogP contribution is 2.19. The van der Waals surface area contributed by atoms with E-state index in [1.807, 2.05) is 12.4 Å². The first kappa shape index (κ1) is 27.3. The topological polar surface area (TPSA) is 35.0 Å². The van der Waals surface area contributed by atoms with Gasteiger partial charge in [0, 0.05) is 5.56 Å². The number of rotatable bonds is 20. The maximum Gasteiger partial charge on any atom is 0.159 e. The lowest BCUT2D eigenvalue weighted by Gasteiger charge is -2.07. The van der Waals surface area contributed by atoms with Gasteiger partial charge in [-0.25, -0.2) is 9.97 Å². The number of unbranched alkanes of at least 4 members (excludes halogenated alkanes) is 14. The van der Waals surface area contributed by atoms with Crippen molar-refractivity contribution >= 4 is 0 Å². The third-order valence-corrected chi connectivity index (χ3v) is 6.43. The van der Waals surface area contributed by atoms with Gasteiger partial charge in [0.15, 0.2) is 11.6 Å². The summed E-state index contributed by atoms with van der Waals surface area (Å²) in [6.45, 7) is 5.30. The van der Waals surface area contributed by atoms with E-state index in [2.05, 4.69) is 48.1 Å². The van der Waals surface area contributed by atoms with E-state index in [9.17, 15) is 0 Å². The Morgan fingerprint density at radius 2 is 1.06 bits per heavy atom. The van der Waals surface area contributed by atoms with Gasteiger partial charge in [0.05, 0.1) is 19.0 Å². The molecule has 0 saturated carbocycles. The summed E-state index contributed by atoms with van der Waals surface area (Å²) in [5.41, 5.74) is 2.49. The molecule has 0 radical (unpaired) electrons. The lowest BCUT2D eigenvalue weighted by atomic mass is 10.0. The van der Waals surface area contributed by atoms with Gasteiger partial charge in [0.1, 0.15) is 0 Å². The van der Waals surface area contributed by atoms with Crippen molar-refractivity contribution in [3.05, 3.63) is 42.2 Å². The van der Waals surface area contributed by atoms with E-state index >= 15 is 0 Å². The fourth-order valence-corrected chi connectivity index (χ4v) is 4.25. The smallest absolute Gasteiger partial charge is 0.159 e. The number of benzene rings is 1. The van der Waals surface area contributed by atoms with Crippen LogP contribution >= 0.6 is 0 Å². The van der Waals surface area contributed by atoms with E-state index in [1.165, 1.54) is 108 Å². The molecule has 0 atom stereocenters. The number of aryl methyl sites for hydroxylation is 1. The third-order valence-electron chi connectivity index (χ3n) is 6.43. The molecule has 1 aromatic carbocycles. The summed E-state index contributed by atoms with van der Waals surface area (Å²) in [4.78, 5) is 9.03. The van der Waals surface area contributed by atoms with E-state index in [0.29, 0.717) is 0 Å². The average molecular weight is 453 g/mol. The second kappa shape index (κ2) is 18.5. The van der Waals surface area contributed by atoms with Crippen molar-refractivity contribution in [2.75, 3.05) is 6.61 Å². The van der Waals surface area contributed by atoms with Crippen molar-refractivity contribution in [1.29, 1.82) is 0 Å². The van der Waals surface area contributed by atoms with Crippen LogP contribution in [0.4, 0.5) is 0 Å². The molecule has 0 unspecified atom stereocenters. The van der Waals surface area contributed by atoms with Crippen molar-refractivity contribution < 1.29 is 4.74 Å². The number of hydrogen-bond acceptors (Lipinski definition) is 3. The van der Waals surface area contributed by atoms with Crippen LogP contribution in [0.25, 0.3) is 11.4 Å². The van der Waals surface area contributed by atoms with Crippen LogP contribution in [0.2, 0.25) is 0 Å². The summed E-state index contributed by atoms with van der Waals surface area (Å²) in [7, 11) is 0. The molecule has 2 aromatic rings. The maximum atomic E-state index is 5.83. The molecular weight excluding hydrogens is 404 g/mol. The molecular formula is C30H48N2O. The molecule has 33 heavy (non-hydrogen) atoms. The molecule has 0 bridgehead atoms. The maximum absolute atomic E-state index is 5.83. The lowest BCUT2D eigenvalue weighted by molar-refractivity contribution is 0.302. The number of aromatic nitrogens is 2. The van der Waals surface area contributed by atoms with Gasteiger partial charge in [-0.05, 0) is 24.8 Å². The number of ether oxygens (including phenoxy) is 1. The molecule has 1 heterocycles. The molecule has 0 aliphatic carbocycles. The summed E-state index contributed by atoms with van der Waals surface area (Å²) in [6.07, 6.45) is 26.2. The van der Waals surface area contributed by atoms with Crippen LogP contribution < -0.4 is 4.74 Å². The molecule has 0 aliphatic heterocycles. The molecule has 3 nitrogen and oxygen atoms in total. The third kappa shape index (κ3) is 12.8. The minimum atomic E-state index is 0.755. The van der Waals surface area contributed by atoms with E-state index in [0.717, 1.165) is 30.2 Å². The summed E-state index contributed by atoms with van der Waals surface area (Å²) in [5, 5.41) is 0. The quantitative estimate of drug-likeness (QED) is 0.188. The van der Waals surface area contributed by atoms with Gasteiger partial charge < -0.3 is 4.74 Å². The minimum Gasteiger partial charge on any atom is -0.490 e. The van der Waals surface area contributed by atoms with E-state index in [4.69, 9.17) is 4.74 Å². The Bertz CT molecular complexity index is 696. The second-order valence-electron chi connectivity index (χ2n) is 9.49. The molecule has 0 spiro atoms. The van der Waals surface area contributed by atoms with Crippen molar-refractivity contribution in [2.24, 2.45) is 0 Å². The van der Waals surface area contributed by atoms with Crippen molar-refractivity contribution in [3.63, 3.8) is 0 Å². The first-order valence-corrected chi connectivity index (χ1v) is 13.9. The Hall–Kier alpha value is -1.90. The second-order valence-corrected chi connectivity index (χ2v) is 9.49. The van der Waals surface area contributed by atoms with Crippen LogP contribution in [-0.4, -0.2) is 16.6 Å². The van der Waals surface area contributed by atoms with Crippen molar-refractivity contribution in [2.45, 2.75) is 123 Å². The first-order chi connectivity index (χ1) is 16.3. The van der Waals surface area contributed by atoms with Gasteiger partial charge in [0.25, 0.3) is 0 Å². The largest absolute Gasteiger partial charge is 0.490 e. The number of hydrogen-bond donors (Lipinski definition) is 0. The van der Waals surface area contributed by atoms with Crippen LogP contribution in [0.1, 0.15) is 122 Å². The highest BCUT2D eigenvalue weighted by Gasteiger charge is 2.03. The van der Waals surface area contributed by atoms with Gasteiger partial charge in [0.2, 0.25) is 0 Å². The summed E-state index contributed by atoms with van der Waals surface area (Å²) in [5.74, 6) is 1.54. The van der Waals surface area contributed by atoms with E-state index in [-0.39, 0.29) is 0 Å². The minimum absolute atomic E-state index is 0.755. The Balaban J connectivity index is 1.59. The molecule has 0 amide bonds. The van der Waals surface area contributed by atoms with E-state index < -0.39 is 0 Å². The molecule has 0 fully saturated rings. The van der Waals surface area contributed by atoms with Gasteiger partial charge in [-0.1, -0.05) is 128 Å². The van der Waals surface area contributed by atoms with Gasteiger partial charge in [-0.3, -0.25) is 0 Å². The van der Waals surface area contributed by atoms with Crippen molar-refractivity contribution in [3.8, 4) is 17.1 Å². The molecule has 184 valence electrons. The highest BCUT2D eigenvalue weighted by molar-refractivity contribution is 5.55. The van der Waals surface area contributed by atoms with Crippen LogP contribution in [0, 0.1) is 0 Å². The van der Waals surface area contributed by atoms with Crippen molar-refractivity contribution in [1.82, 2.24) is 9.97 Å². The van der Waals surface area contributed by atoms with Crippen LogP contribution in [0.3, 0.4) is 0 Å². The van der Waals surface area contributed by atoms with E-state index in [1.54, 1.807) is 0 Å². The SMILES string of the molecule is CCCCCCCCCCOc1cnc(-c2ccc(CCCCCCCCCC)cc2)nc1. The number of nitrogens with zero attached hydrogens (tertiary/aromatic N) is 2. The predicted molar refractivity (Wildman–Crippen MR) is 142 cm³/mol. The molecule has 0 N–H and O–H groups in total. The van der Waals surface area contributed by atoms with Crippen LogP contribution in [-0.2, 0) is 6.42 Å². The van der Waals surface area contributed by atoms with Gasteiger partial charge in [-0.15, -0.1) is 0 Å². The predicted octanol–water partition coefficient (Wildman–Crippen LogP) is 9.35. The Labute approximate surface area is 203 Å². The Morgan fingerprint density at radius 1 is 0.576 bits per heavy atom. The highest BCUT2D eigenvalue weighted by atomic mass is 16.5. The molecule has 1 aromatic heterocycles. The van der Waals surface area contributed by atoms with Gasteiger partial charge in [-0.2, -0.15) is 0 Å². The van der Waals surface area contributed by atoms with Crippen LogP contribution in [0.5, 0.6) is 5.75 Å². The Morgan fingerprint density at radius 3 is 1.61 bits per heavy atom. The Kier molecular flexibility index (Phi) is 15.3. The lowest BCUT2D eigenvalue weighted by Crippen LogP contribution is -1.99. The van der Waals surface area contributed by atoms with Gasteiger partial charge >= 0.3 is 0 Å². The zero-order chi connectivity index (χ0) is 23.4. The normalized spacial score (nSPS) is 11.1. The fourth-order valence-electron chi connectivity index (χ4n) is 4.25. The fraction of sp³-hybridized carbons (Fsp3) is 0.667. The molecule has 3 heteroatoms. The zero-order valence-corrected chi connectivity index (χ0v) is 21.5. The molecule has 0 saturated heterocycles. The first-order valence-electron chi connectivity index (χ1n) is 13.9. The standard InChI is InChI=1S/C30H48N2O/c1-3-5-7-9-11-13-15-17-19-27-20-22-28(23-21-27)30-31-25-29(26-32-30)33-24-18-16-14-12-10-8-6-4-2/h20-23,25-26H,3-19,24H2,1-2H3. The average Bonchev–Trinajstić information content (AvgIpc) is 2.85. The molecule has 0 aliphatic rings. The summed E-state index contributed by atoms with van der Waals surface area (Å²) >= 11 is 0.